The lowest BCUT2D eigenvalue weighted by molar-refractivity contribution is 0.0675. The molecule has 2 aromatic carbocycles. The number of benzene rings is 2. The standard InChI is InChI=1S/C23H21N5OS/c24-14-22-27-26-21-7-4-16-12-19(5-6-20(16)28(21)22)30-18-3-1-2-17(13-18)23(15-25)8-10-29-11-9-23/h1-7,12-13H,8-11,14,24H2. The second-order valence-corrected chi connectivity index (χ2v) is 8.65. The Bertz CT molecular complexity index is 1270. The molecule has 4 aromatic rings. The maximum absolute atomic E-state index is 9.87. The van der Waals surface area contributed by atoms with Crippen LogP contribution in [0.5, 0.6) is 0 Å². The summed E-state index contributed by atoms with van der Waals surface area (Å²) in [7, 11) is 0. The maximum Gasteiger partial charge on any atom is 0.161 e. The van der Waals surface area contributed by atoms with Crippen LogP contribution in [0.4, 0.5) is 0 Å². The average Bonchev–Trinajstić information content (AvgIpc) is 3.23. The summed E-state index contributed by atoms with van der Waals surface area (Å²) < 4.78 is 7.49. The van der Waals surface area contributed by atoms with Crippen molar-refractivity contribution in [1.82, 2.24) is 14.6 Å². The van der Waals surface area contributed by atoms with E-state index >= 15 is 0 Å². The van der Waals surface area contributed by atoms with E-state index in [1.807, 2.05) is 16.5 Å². The molecule has 5 rings (SSSR count). The Morgan fingerprint density at radius 2 is 1.90 bits per heavy atom. The van der Waals surface area contributed by atoms with E-state index in [1.165, 1.54) is 0 Å². The van der Waals surface area contributed by atoms with Crippen molar-refractivity contribution < 1.29 is 4.74 Å². The van der Waals surface area contributed by atoms with E-state index < -0.39 is 5.41 Å². The molecule has 1 fully saturated rings. The summed E-state index contributed by atoms with van der Waals surface area (Å²) in [5, 5.41) is 19.3. The fourth-order valence-electron chi connectivity index (χ4n) is 4.11. The van der Waals surface area contributed by atoms with Crippen molar-refractivity contribution in [3.05, 3.63) is 66.0 Å². The summed E-state index contributed by atoms with van der Waals surface area (Å²) >= 11 is 1.70. The first-order valence-electron chi connectivity index (χ1n) is 9.97. The molecule has 0 saturated carbocycles. The Labute approximate surface area is 178 Å². The minimum absolute atomic E-state index is 0.343. The van der Waals surface area contributed by atoms with Crippen LogP contribution in [0.15, 0.2) is 64.4 Å². The molecule has 30 heavy (non-hydrogen) atoms. The second-order valence-electron chi connectivity index (χ2n) is 7.50. The zero-order valence-corrected chi connectivity index (χ0v) is 17.2. The van der Waals surface area contributed by atoms with Crippen LogP contribution in [0.25, 0.3) is 16.6 Å². The molecule has 0 aliphatic carbocycles. The van der Waals surface area contributed by atoms with Gasteiger partial charge in [-0.3, -0.25) is 4.40 Å². The first-order valence-corrected chi connectivity index (χ1v) is 10.8. The van der Waals surface area contributed by atoms with Crippen LogP contribution in [0.3, 0.4) is 0 Å². The Balaban J connectivity index is 1.49. The highest BCUT2D eigenvalue weighted by atomic mass is 32.2. The molecule has 0 atom stereocenters. The molecule has 6 nitrogen and oxygen atoms in total. The summed E-state index contributed by atoms with van der Waals surface area (Å²) in [6.07, 6.45) is 1.48. The molecule has 1 saturated heterocycles. The van der Waals surface area contributed by atoms with Gasteiger partial charge in [-0.2, -0.15) is 5.26 Å². The van der Waals surface area contributed by atoms with Gasteiger partial charge in [-0.15, -0.1) is 10.2 Å². The molecule has 7 heteroatoms. The molecule has 0 unspecified atom stereocenters. The quantitative estimate of drug-likeness (QED) is 0.541. The average molecular weight is 416 g/mol. The highest BCUT2D eigenvalue weighted by molar-refractivity contribution is 7.99. The molecule has 0 amide bonds. The van der Waals surface area contributed by atoms with Crippen LogP contribution in [0, 0.1) is 11.3 Å². The summed E-state index contributed by atoms with van der Waals surface area (Å²) in [6.45, 7) is 1.62. The van der Waals surface area contributed by atoms with Crippen LogP contribution in [0.2, 0.25) is 0 Å². The van der Waals surface area contributed by atoms with Crippen molar-refractivity contribution in [1.29, 1.82) is 5.26 Å². The van der Waals surface area contributed by atoms with Crippen molar-refractivity contribution in [3.8, 4) is 6.07 Å². The number of fused-ring (bicyclic) bond motifs is 3. The molecule has 1 aliphatic rings. The number of nitrogens with two attached hydrogens (primary N) is 1. The van der Waals surface area contributed by atoms with E-state index in [9.17, 15) is 5.26 Å². The van der Waals surface area contributed by atoms with Gasteiger partial charge in [0.2, 0.25) is 0 Å². The zero-order valence-electron chi connectivity index (χ0n) is 16.4. The molecule has 1 aliphatic heterocycles. The van der Waals surface area contributed by atoms with Gasteiger partial charge in [0.05, 0.1) is 23.5 Å². The van der Waals surface area contributed by atoms with Crippen molar-refractivity contribution in [2.45, 2.75) is 34.6 Å². The van der Waals surface area contributed by atoms with Crippen LogP contribution < -0.4 is 5.73 Å². The van der Waals surface area contributed by atoms with Gasteiger partial charge in [-0.1, -0.05) is 23.9 Å². The molecule has 150 valence electrons. The highest BCUT2D eigenvalue weighted by Gasteiger charge is 2.34. The van der Waals surface area contributed by atoms with Gasteiger partial charge >= 0.3 is 0 Å². The minimum atomic E-state index is -0.448. The SMILES string of the molecule is N#CC1(c2cccc(Sc3ccc4c(ccc5nnc(CN)n54)c3)c2)CCOCC1. The number of hydrogen-bond acceptors (Lipinski definition) is 6. The third kappa shape index (κ3) is 3.23. The van der Waals surface area contributed by atoms with E-state index in [0.717, 1.165) is 50.6 Å². The predicted octanol–water partition coefficient (Wildman–Crippen LogP) is 4.06. The van der Waals surface area contributed by atoms with Gasteiger partial charge in [0, 0.05) is 23.0 Å². The third-order valence-electron chi connectivity index (χ3n) is 5.77. The van der Waals surface area contributed by atoms with Gasteiger partial charge in [0.1, 0.15) is 0 Å². The van der Waals surface area contributed by atoms with Gasteiger partial charge < -0.3 is 10.5 Å². The number of ether oxygens (including phenoxy) is 1. The Morgan fingerprint density at radius 1 is 1.07 bits per heavy atom. The van der Waals surface area contributed by atoms with Gasteiger partial charge in [0.25, 0.3) is 0 Å². The van der Waals surface area contributed by atoms with Crippen molar-refractivity contribution >= 4 is 28.3 Å². The monoisotopic (exact) mass is 415 g/mol. The molecule has 2 N–H and O–H groups in total. The normalized spacial score (nSPS) is 16.0. The Morgan fingerprint density at radius 3 is 2.70 bits per heavy atom. The van der Waals surface area contributed by atoms with Gasteiger partial charge in [-0.25, -0.2) is 0 Å². The second kappa shape index (κ2) is 7.73. The van der Waals surface area contributed by atoms with Crippen molar-refractivity contribution in [2.24, 2.45) is 5.73 Å². The number of aromatic nitrogens is 3. The van der Waals surface area contributed by atoms with E-state index in [0.29, 0.717) is 19.8 Å². The predicted molar refractivity (Wildman–Crippen MR) is 116 cm³/mol. The van der Waals surface area contributed by atoms with Crippen LogP contribution in [-0.4, -0.2) is 27.8 Å². The Kier molecular flexibility index (Phi) is 4.91. The van der Waals surface area contributed by atoms with Gasteiger partial charge in [0.15, 0.2) is 11.5 Å². The van der Waals surface area contributed by atoms with Crippen LogP contribution in [-0.2, 0) is 16.7 Å². The zero-order chi connectivity index (χ0) is 20.6. The topological polar surface area (TPSA) is 89.2 Å². The molecular weight excluding hydrogens is 394 g/mol. The van der Waals surface area contributed by atoms with Crippen LogP contribution >= 0.6 is 11.8 Å². The first-order chi connectivity index (χ1) is 14.7. The lowest BCUT2D eigenvalue weighted by Crippen LogP contribution is -2.32. The fraction of sp³-hybridized carbons (Fsp3) is 0.261. The number of nitrogens with zero attached hydrogens (tertiary/aromatic N) is 4. The highest BCUT2D eigenvalue weighted by Crippen LogP contribution is 2.37. The minimum Gasteiger partial charge on any atom is -0.381 e. The van der Waals surface area contributed by atoms with Crippen molar-refractivity contribution in [3.63, 3.8) is 0 Å². The molecule has 0 bridgehead atoms. The van der Waals surface area contributed by atoms with Gasteiger partial charge in [-0.05, 0) is 66.3 Å². The first kappa shape index (κ1) is 19.1. The van der Waals surface area contributed by atoms with E-state index in [2.05, 4.69) is 58.7 Å². The largest absolute Gasteiger partial charge is 0.381 e. The number of rotatable bonds is 4. The summed E-state index contributed by atoms with van der Waals surface area (Å²) in [4.78, 5) is 2.26. The summed E-state index contributed by atoms with van der Waals surface area (Å²) in [5.74, 6) is 0.752. The molecule has 3 heterocycles. The number of nitriles is 1. The maximum atomic E-state index is 9.87. The molecule has 0 radical (unpaired) electrons. The number of pyridine rings is 1. The van der Waals surface area contributed by atoms with E-state index in [-0.39, 0.29) is 0 Å². The smallest absolute Gasteiger partial charge is 0.161 e. The van der Waals surface area contributed by atoms with Crippen molar-refractivity contribution in [2.75, 3.05) is 13.2 Å². The molecule has 0 spiro atoms. The summed E-state index contributed by atoms with van der Waals surface area (Å²) in [6, 6.07) is 21.3. The fourth-order valence-corrected chi connectivity index (χ4v) is 5.04. The molecule has 2 aromatic heterocycles. The summed E-state index contributed by atoms with van der Waals surface area (Å²) in [5.41, 5.74) is 8.30. The van der Waals surface area contributed by atoms with E-state index in [1.54, 1.807) is 11.8 Å². The lowest BCUT2D eigenvalue weighted by Gasteiger charge is -2.31. The van der Waals surface area contributed by atoms with E-state index in [4.69, 9.17) is 10.5 Å². The van der Waals surface area contributed by atoms with Crippen LogP contribution in [0.1, 0.15) is 24.2 Å². The lowest BCUT2D eigenvalue weighted by atomic mass is 9.75. The Hall–Kier alpha value is -2.92. The third-order valence-corrected chi connectivity index (χ3v) is 6.75. The molecular formula is C23H21N5OS. The number of hydrogen-bond donors (Lipinski definition) is 1.